The van der Waals surface area contributed by atoms with E-state index in [1.165, 1.54) is 28.0 Å². The SMILES string of the molecule is CC[C@@H](C)Cc1c(C)sc2nc(SCC(=O)N(C)CC(=O)NC(C)(C)C)[nH]c(=O)c12. The predicted octanol–water partition coefficient (Wildman–Crippen LogP) is 3.35. The highest BCUT2D eigenvalue weighted by molar-refractivity contribution is 7.99. The number of likely N-dealkylation sites (N-methyl/N-ethyl adjacent to an activating group) is 1. The van der Waals surface area contributed by atoms with E-state index < -0.39 is 0 Å². The van der Waals surface area contributed by atoms with E-state index in [0.717, 1.165) is 23.3 Å². The van der Waals surface area contributed by atoms with Crippen LogP contribution < -0.4 is 10.9 Å². The fourth-order valence-electron chi connectivity index (χ4n) is 2.96. The Kier molecular flexibility index (Phi) is 8.10. The van der Waals surface area contributed by atoms with Crippen molar-refractivity contribution < 1.29 is 9.59 Å². The Labute approximate surface area is 186 Å². The number of hydrogen-bond donors (Lipinski definition) is 2. The summed E-state index contributed by atoms with van der Waals surface area (Å²) in [5.41, 5.74) is 0.576. The molecule has 0 radical (unpaired) electrons. The van der Waals surface area contributed by atoms with Crippen LogP contribution in [0.15, 0.2) is 9.95 Å². The van der Waals surface area contributed by atoms with Gasteiger partial charge in [-0.15, -0.1) is 11.3 Å². The van der Waals surface area contributed by atoms with Crippen molar-refractivity contribution in [1.29, 1.82) is 0 Å². The second-order valence-corrected chi connectivity index (χ2v) is 10.9. The van der Waals surface area contributed by atoms with E-state index in [9.17, 15) is 14.4 Å². The Morgan fingerprint density at radius 1 is 1.33 bits per heavy atom. The summed E-state index contributed by atoms with van der Waals surface area (Å²) in [5.74, 6) is 0.182. The van der Waals surface area contributed by atoms with Gasteiger partial charge in [0.25, 0.3) is 5.56 Å². The molecule has 9 heteroatoms. The summed E-state index contributed by atoms with van der Waals surface area (Å²) in [6.07, 6.45) is 1.92. The lowest BCUT2D eigenvalue weighted by Gasteiger charge is -2.23. The van der Waals surface area contributed by atoms with E-state index in [0.29, 0.717) is 21.3 Å². The van der Waals surface area contributed by atoms with Crippen LogP contribution in [0.2, 0.25) is 0 Å². The number of nitrogens with one attached hydrogen (secondary N) is 2. The molecule has 0 spiro atoms. The van der Waals surface area contributed by atoms with E-state index >= 15 is 0 Å². The lowest BCUT2D eigenvalue weighted by Crippen LogP contribution is -2.46. The van der Waals surface area contributed by atoms with E-state index in [1.807, 2.05) is 27.7 Å². The summed E-state index contributed by atoms with van der Waals surface area (Å²) >= 11 is 2.70. The highest BCUT2D eigenvalue weighted by atomic mass is 32.2. The summed E-state index contributed by atoms with van der Waals surface area (Å²) < 4.78 is 0. The summed E-state index contributed by atoms with van der Waals surface area (Å²) in [6.45, 7) is 12.0. The van der Waals surface area contributed by atoms with Gasteiger partial charge < -0.3 is 15.2 Å². The number of rotatable bonds is 8. The zero-order chi connectivity index (χ0) is 22.6. The van der Waals surface area contributed by atoms with Gasteiger partial charge in [0.05, 0.1) is 17.7 Å². The molecule has 0 aliphatic rings. The van der Waals surface area contributed by atoms with Crippen molar-refractivity contribution >= 4 is 45.1 Å². The molecule has 2 aromatic heterocycles. The molecule has 2 rings (SSSR count). The van der Waals surface area contributed by atoms with Crippen LogP contribution >= 0.6 is 23.1 Å². The second kappa shape index (κ2) is 9.96. The maximum atomic E-state index is 12.7. The molecule has 30 heavy (non-hydrogen) atoms. The number of nitrogens with zero attached hydrogens (tertiary/aromatic N) is 2. The molecule has 0 aromatic carbocycles. The maximum absolute atomic E-state index is 12.7. The average Bonchev–Trinajstić information content (AvgIpc) is 2.93. The minimum atomic E-state index is -0.346. The number of H-pyrrole nitrogens is 1. The first-order valence-electron chi connectivity index (χ1n) is 10.1. The van der Waals surface area contributed by atoms with Crippen LogP contribution in [0.4, 0.5) is 0 Å². The Bertz CT molecular complexity index is 975. The van der Waals surface area contributed by atoms with Gasteiger partial charge in [0, 0.05) is 17.5 Å². The molecular formula is C21H32N4O3S2. The topological polar surface area (TPSA) is 95.2 Å². The van der Waals surface area contributed by atoms with Gasteiger partial charge in [-0.1, -0.05) is 32.0 Å². The number of amides is 2. The van der Waals surface area contributed by atoms with Crippen LogP contribution in [0.25, 0.3) is 10.2 Å². The normalized spacial score (nSPS) is 12.8. The lowest BCUT2D eigenvalue weighted by atomic mass is 9.98. The summed E-state index contributed by atoms with van der Waals surface area (Å²) in [4.78, 5) is 47.7. The first-order valence-corrected chi connectivity index (χ1v) is 11.9. The number of carbonyl (C=O) groups excluding carboxylic acids is 2. The van der Waals surface area contributed by atoms with E-state index in [2.05, 4.69) is 29.1 Å². The number of carbonyl (C=O) groups is 2. The molecule has 2 N–H and O–H groups in total. The zero-order valence-corrected chi connectivity index (χ0v) is 20.5. The summed E-state index contributed by atoms with van der Waals surface area (Å²) in [5, 5.41) is 3.93. The van der Waals surface area contributed by atoms with Gasteiger partial charge in [-0.05, 0) is 45.6 Å². The molecule has 0 aliphatic heterocycles. The average molecular weight is 453 g/mol. The molecule has 2 amide bonds. The third-order valence-electron chi connectivity index (χ3n) is 4.74. The fourth-order valence-corrected chi connectivity index (χ4v) is 4.88. The number of thiophene rings is 1. The van der Waals surface area contributed by atoms with E-state index in [4.69, 9.17) is 0 Å². The third kappa shape index (κ3) is 6.57. The van der Waals surface area contributed by atoms with Crippen molar-refractivity contribution in [3.8, 4) is 0 Å². The number of aromatic nitrogens is 2. The van der Waals surface area contributed by atoms with Crippen LogP contribution in [0.1, 0.15) is 51.5 Å². The van der Waals surface area contributed by atoms with Gasteiger partial charge in [-0.3, -0.25) is 14.4 Å². The first-order chi connectivity index (χ1) is 13.9. The molecule has 7 nitrogen and oxygen atoms in total. The van der Waals surface area contributed by atoms with Crippen LogP contribution in [0, 0.1) is 12.8 Å². The number of aromatic amines is 1. The second-order valence-electron chi connectivity index (χ2n) is 8.74. The quantitative estimate of drug-likeness (QED) is 0.473. The Morgan fingerprint density at radius 2 is 2.00 bits per heavy atom. The van der Waals surface area contributed by atoms with Crippen LogP contribution in [-0.4, -0.2) is 51.6 Å². The van der Waals surface area contributed by atoms with Crippen LogP contribution in [0.3, 0.4) is 0 Å². The van der Waals surface area contributed by atoms with Gasteiger partial charge in [0.15, 0.2) is 5.16 Å². The third-order valence-corrected chi connectivity index (χ3v) is 6.64. The largest absolute Gasteiger partial charge is 0.350 e. The molecule has 0 saturated heterocycles. The van der Waals surface area contributed by atoms with Gasteiger partial charge in [0.2, 0.25) is 11.8 Å². The molecule has 2 aromatic rings. The number of thioether (sulfide) groups is 1. The molecule has 166 valence electrons. The number of fused-ring (bicyclic) bond motifs is 1. The first kappa shape index (κ1) is 24.4. The highest BCUT2D eigenvalue weighted by Crippen LogP contribution is 2.30. The monoisotopic (exact) mass is 452 g/mol. The lowest BCUT2D eigenvalue weighted by molar-refractivity contribution is -0.133. The van der Waals surface area contributed by atoms with E-state index in [-0.39, 0.29) is 35.2 Å². The van der Waals surface area contributed by atoms with Crippen LogP contribution in [-0.2, 0) is 16.0 Å². The Hall–Kier alpha value is -1.87. The van der Waals surface area contributed by atoms with E-state index in [1.54, 1.807) is 7.05 Å². The minimum absolute atomic E-state index is 0.0112. The number of hydrogen-bond acceptors (Lipinski definition) is 6. The van der Waals surface area contributed by atoms with Gasteiger partial charge in [0.1, 0.15) is 4.83 Å². The molecule has 0 aliphatic carbocycles. The smallest absolute Gasteiger partial charge is 0.260 e. The van der Waals surface area contributed by atoms with Crippen LogP contribution in [0.5, 0.6) is 0 Å². The zero-order valence-electron chi connectivity index (χ0n) is 18.8. The Morgan fingerprint density at radius 3 is 2.60 bits per heavy atom. The minimum Gasteiger partial charge on any atom is -0.350 e. The molecule has 0 fully saturated rings. The molecule has 0 saturated carbocycles. The summed E-state index contributed by atoms with van der Waals surface area (Å²) in [6, 6.07) is 0. The van der Waals surface area contributed by atoms with Crippen molar-refractivity contribution in [1.82, 2.24) is 20.2 Å². The van der Waals surface area contributed by atoms with Crippen molar-refractivity contribution in [2.24, 2.45) is 5.92 Å². The van der Waals surface area contributed by atoms with Gasteiger partial charge >= 0.3 is 0 Å². The molecule has 0 unspecified atom stereocenters. The van der Waals surface area contributed by atoms with Gasteiger partial charge in [-0.25, -0.2) is 4.98 Å². The molecular weight excluding hydrogens is 420 g/mol. The Balaban J connectivity index is 2.07. The predicted molar refractivity (Wildman–Crippen MR) is 124 cm³/mol. The summed E-state index contributed by atoms with van der Waals surface area (Å²) in [7, 11) is 1.59. The molecule has 0 bridgehead atoms. The molecule has 2 heterocycles. The van der Waals surface area contributed by atoms with Crippen molar-refractivity contribution in [3.63, 3.8) is 0 Å². The van der Waals surface area contributed by atoms with Crippen molar-refractivity contribution in [2.45, 2.75) is 65.1 Å². The number of aryl methyl sites for hydroxylation is 1. The fraction of sp³-hybridized carbons (Fsp3) is 0.619. The van der Waals surface area contributed by atoms with Gasteiger partial charge in [-0.2, -0.15) is 0 Å². The van der Waals surface area contributed by atoms with Crippen molar-refractivity contribution in [3.05, 3.63) is 20.8 Å². The maximum Gasteiger partial charge on any atom is 0.260 e. The van der Waals surface area contributed by atoms with Crippen molar-refractivity contribution in [2.75, 3.05) is 19.3 Å². The molecule has 1 atom stereocenters. The standard InChI is InChI=1S/C21H32N4O3S2/c1-8-12(2)9-14-13(3)30-19-17(14)18(28)22-20(23-19)29-11-16(27)25(7)10-15(26)24-21(4,5)6/h12H,8-11H2,1-7H3,(H,24,26)(H,22,23,28)/t12-/m1/s1. The highest BCUT2D eigenvalue weighted by Gasteiger charge is 2.20.